The SMILES string of the molecule is O=C1CCC(N2Cc3c(CNC4CC5(CCNC5)C4)cccc3C2=O)C(=O)N1. The number of carbonyl (C=O) groups is 3. The first-order chi connectivity index (χ1) is 13.5. The van der Waals surface area contributed by atoms with Gasteiger partial charge in [-0.2, -0.15) is 0 Å². The van der Waals surface area contributed by atoms with Crippen molar-refractivity contribution in [1.82, 2.24) is 20.9 Å². The number of fused-ring (bicyclic) bond motifs is 1. The second-order valence-electron chi connectivity index (χ2n) is 8.76. The van der Waals surface area contributed by atoms with Gasteiger partial charge in [-0.3, -0.25) is 19.7 Å². The van der Waals surface area contributed by atoms with Crippen molar-refractivity contribution in [3.8, 4) is 0 Å². The van der Waals surface area contributed by atoms with Crippen LogP contribution < -0.4 is 16.0 Å². The maximum Gasteiger partial charge on any atom is 0.255 e. The third-order valence-corrected chi connectivity index (χ3v) is 6.95. The molecule has 1 unspecified atom stereocenters. The lowest BCUT2D eigenvalue weighted by Gasteiger charge is -2.45. The van der Waals surface area contributed by atoms with Crippen LogP contribution >= 0.6 is 0 Å². The van der Waals surface area contributed by atoms with Gasteiger partial charge >= 0.3 is 0 Å². The predicted octanol–water partition coefficient (Wildman–Crippen LogP) is 0.679. The third-order valence-electron chi connectivity index (χ3n) is 6.95. The molecule has 3 amide bonds. The quantitative estimate of drug-likeness (QED) is 0.667. The Kier molecular flexibility index (Phi) is 4.25. The van der Waals surface area contributed by atoms with E-state index in [0.717, 1.165) is 30.8 Å². The van der Waals surface area contributed by atoms with Crippen molar-refractivity contribution in [3.63, 3.8) is 0 Å². The topological polar surface area (TPSA) is 90.5 Å². The van der Waals surface area contributed by atoms with Crippen molar-refractivity contribution in [2.75, 3.05) is 13.1 Å². The average Bonchev–Trinajstić information content (AvgIpc) is 3.25. The molecule has 4 aliphatic rings. The van der Waals surface area contributed by atoms with E-state index in [1.165, 1.54) is 19.3 Å². The molecular formula is C21H26N4O3. The Morgan fingerprint density at radius 1 is 1.21 bits per heavy atom. The third kappa shape index (κ3) is 2.93. The number of rotatable bonds is 4. The fraction of sp³-hybridized carbons (Fsp3) is 0.571. The van der Waals surface area contributed by atoms with Crippen LogP contribution in [0.1, 0.15) is 53.6 Å². The second kappa shape index (κ2) is 6.67. The summed E-state index contributed by atoms with van der Waals surface area (Å²) in [6.07, 6.45) is 4.40. The molecule has 3 aliphatic heterocycles. The van der Waals surface area contributed by atoms with Gasteiger partial charge in [0.25, 0.3) is 5.91 Å². The summed E-state index contributed by atoms with van der Waals surface area (Å²) >= 11 is 0. The first-order valence-corrected chi connectivity index (χ1v) is 10.2. The van der Waals surface area contributed by atoms with Crippen LogP contribution in [0.2, 0.25) is 0 Å². The zero-order valence-corrected chi connectivity index (χ0v) is 15.9. The summed E-state index contributed by atoms with van der Waals surface area (Å²) in [4.78, 5) is 38.1. The molecule has 1 aliphatic carbocycles. The number of hydrogen-bond acceptors (Lipinski definition) is 5. The molecule has 1 atom stereocenters. The van der Waals surface area contributed by atoms with E-state index in [-0.39, 0.29) is 24.1 Å². The van der Waals surface area contributed by atoms with Crippen LogP contribution in [0.15, 0.2) is 18.2 Å². The van der Waals surface area contributed by atoms with Gasteiger partial charge in [0.1, 0.15) is 6.04 Å². The molecule has 7 heteroatoms. The van der Waals surface area contributed by atoms with Gasteiger partial charge in [0.15, 0.2) is 0 Å². The van der Waals surface area contributed by atoms with Crippen LogP contribution in [-0.2, 0) is 22.7 Å². The summed E-state index contributed by atoms with van der Waals surface area (Å²) in [6.45, 7) is 3.46. The van der Waals surface area contributed by atoms with Gasteiger partial charge in [-0.25, -0.2) is 0 Å². The molecule has 0 radical (unpaired) electrons. The van der Waals surface area contributed by atoms with Crippen molar-refractivity contribution in [1.29, 1.82) is 0 Å². The second-order valence-corrected chi connectivity index (χ2v) is 8.76. The molecule has 3 N–H and O–H groups in total. The molecule has 5 rings (SSSR count). The molecule has 1 saturated carbocycles. The Morgan fingerprint density at radius 3 is 2.82 bits per heavy atom. The van der Waals surface area contributed by atoms with Gasteiger partial charge in [-0.15, -0.1) is 0 Å². The van der Waals surface area contributed by atoms with Crippen molar-refractivity contribution >= 4 is 17.7 Å². The lowest BCUT2D eigenvalue weighted by Crippen LogP contribution is -2.52. The lowest BCUT2D eigenvalue weighted by atomic mass is 9.65. The molecule has 0 aromatic heterocycles. The average molecular weight is 382 g/mol. The molecule has 7 nitrogen and oxygen atoms in total. The Labute approximate surface area is 164 Å². The summed E-state index contributed by atoms with van der Waals surface area (Å²) in [5.74, 6) is -0.723. The molecule has 0 bridgehead atoms. The number of nitrogens with zero attached hydrogens (tertiary/aromatic N) is 1. The van der Waals surface area contributed by atoms with Gasteiger partial charge in [0.05, 0.1) is 0 Å². The number of imide groups is 1. The number of benzene rings is 1. The summed E-state index contributed by atoms with van der Waals surface area (Å²) in [7, 11) is 0. The van der Waals surface area contributed by atoms with E-state index in [2.05, 4.69) is 22.0 Å². The minimum absolute atomic E-state index is 0.106. The normalized spacial score (nSPS) is 31.9. The van der Waals surface area contributed by atoms with Gasteiger partial charge in [0, 0.05) is 37.7 Å². The molecule has 28 heavy (non-hydrogen) atoms. The van der Waals surface area contributed by atoms with Crippen molar-refractivity contribution < 1.29 is 14.4 Å². The number of nitrogens with one attached hydrogen (secondary N) is 3. The zero-order chi connectivity index (χ0) is 19.3. The van der Waals surface area contributed by atoms with Crippen LogP contribution in [0.25, 0.3) is 0 Å². The van der Waals surface area contributed by atoms with Gasteiger partial charge < -0.3 is 15.5 Å². The highest BCUT2D eigenvalue weighted by Gasteiger charge is 2.45. The fourth-order valence-electron chi connectivity index (χ4n) is 5.34. The van der Waals surface area contributed by atoms with Crippen LogP contribution in [0.4, 0.5) is 0 Å². The maximum atomic E-state index is 12.9. The first kappa shape index (κ1) is 17.8. The number of amides is 3. The fourth-order valence-corrected chi connectivity index (χ4v) is 5.34. The summed E-state index contributed by atoms with van der Waals surface area (Å²) in [5, 5.41) is 9.48. The lowest BCUT2D eigenvalue weighted by molar-refractivity contribution is -0.136. The van der Waals surface area contributed by atoms with Crippen LogP contribution in [-0.4, -0.2) is 47.8 Å². The van der Waals surface area contributed by atoms with Crippen molar-refractivity contribution in [2.24, 2.45) is 5.41 Å². The Morgan fingerprint density at radius 2 is 2.07 bits per heavy atom. The van der Waals surface area contributed by atoms with E-state index < -0.39 is 6.04 Å². The largest absolute Gasteiger partial charge is 0.322 e. The Balaban J connectivity index is 1.26. The molecule has 1 spiro atoms. The van der Waals surface area contributed by atoms with Gasteiger partial charge in [0.2, 0.25) is 11.8 Å². The van der Waals surface area contributed by atoms with Crippen LogP contribution in [0, 0.1) is 5.41 Å². The van der Waals surface area contributed by atoms with Crippen LogP contribution in [0.3, 0.4) is 0 Å². The summed E-state index contributed by atoms with van der Waals surface area (Å²) in [6, 6.07) is 5.82. The van der Waals surface area contributed by atoms with Gasteiger partial charge in [-0.1, -0.05) is 12.1 Å². The monoisotopic (exact) mass is 382 g/mol. The Hall–Kier alpha value is -2.25. The highest BCUT2D eigenvalue weighted by Crippen LogP contribution is 2.45. The minimum Gasteiger partial charge on any atom is -0.322 e. The maximum absolute atomic E-state index is 12.9. The van der Waals surface area contributed by atoms with Crippen LogP contribution in [0.5, 0.6) is 0 Å². The minimum atomic E-state index is -0.556. The highest BCUT2D eigenvalue weighted by atomic mass is 16.2. The standard InChI is InChI=1S/C21H26N4O3/c26-18-5-4-17(19(27)24-18)25-11-16-13(2-1-3-15(16)20(25)28)10-23-14-8-21(9-14)6-7-22-12-21/h1-3,14,17,22-23H,4-12H2,(H,24,26,27). The molecule has 1 aromatic carbocycles. The van der Waals surface area contributed by atoms with Gasteiger partial charge in [-0.05, 0) is 54.8 Å². The molecule has 3 heterocycles. The number of hydrogen-bond donors (Lipinski definition) is 3. The molecular weight excluding hydrogens is 356 g/mol. The summed E-state index contributed by atoms with van der Waals surface area (Å²) < 4.78 is 0. The summed E-state index contributed by atoms with van der Waals surface area (Å²) in [5.41, 5.74) is 3.34. The van der Waals surface area contributed by atoms with Crippen molar-refractivity contribution in [3.05, 3.63) is 34.9 Å². The molecule has 2 saturated heterocycles. The van der Waals surface area contributed by atoms with E-state index in [1.54, 1.807) is 4.90 Å². The zero-order valence-electron chi connectivity index (χ0n) is 15.9. The smallest absolute Gasteiger partial charge is 0.255 e. The number of carbonyl (C=O) groups excluding carboxylic acids is 3. The number of piperidine rings is 1. The molecule has 3 fully saturated rings. The van der Waals surface area contributed by atoms with E-state index in [9.17, 15) is 14.4 Å². The van der Waals surface area contributed by atoms with Crippen molar-refractivity contribution in [2.45, 2.75) is 57.3 Å². The van der Waals surface area contributed by atoms with E-state index in [4.69, 9.17) is 0 Å². The van der Waals surface area contributed by atoms with E-state index in [1.807, 2.05) is 12.1 Å². The highest BCUT2D eigenvalue weighted by molar-refractivity contribution is 6.05. The first-order valence-electron chi connectivity index (χ1n) is 10.2. The van der Waals surface area contributed by atoms with E-state index >= 15 is 0 Å². The van der Waals surface area contributed by atoms with E-state index in [0.29, 0.717) is 30.0 Å². The molecule has 1 aromatic rings. The predicted molar refractivity (Wildman–Crippen MR) is 102 cm³/mol. The Bertz CT molecular complexity index is 838. The molecule has 148 valence electrons.